The van der Waals surface area contributed by atoms with Crippen molar-refractivity contribution in [2.45, 2.75) is 38.1 Å². The molecule has 2 aliphatic heterocycles. The van der Waals surface area contributed by atoms with E-state index in [9.17, 15) is 14.4 Å². The molecule has 1 atom stereocenters. The first-order valence-corrected chi connectivity index (χ1v) is 10.3. The summed E-state index contributed by atoms with van der Waals surface area (Å²) >= 11 is 0. The molecule has 2 heterocycles. The van der Waals surface area contributed by atoms with Gasteiger partial charge in [-0.1, -0.05) is 30.3 Å². The third kappa shape index (κ3) is 4.62. The SMILES string of the molecule is O=C1COc2cc(NC(=O)C(=O)N3CCCCC3CCc3ccccc3)ccc2N1. The molecular formula is C23H25N3O4. The molecule has 0 bridgehead atoms. The van der Waals surface area contributed by atoms with Gasteiger partial charge < -0.3 is 20.3 Å². The number of benzene rings is 2. The number of likely N-dealkylation sites (tertiary alicyclic amines) is 1. The van der Waals surface area contributed by atoms with Gasteiger partial charge in [0.2, 0.25) is 0 Å². The van der Waals surface area contributed by atoms with Crippen molar-refractivity contribution in [1.82, 2.24) is 4.90 Å². The number of hydrogen-bond acceptors (Lipinski definition) is 4. The minimum atomic E-state index is -0.651. The summed E-state index contributed by atoms with van der Waals surface area (Å²) in [6.07, 6.45) is 4.62. The van der Waals surface area contributed by atoms with Crippen LogP contribution in [0.2, 0.25) is 0 Å². The number of fused-ring (bicyclic) bond motifs is 1. The van der Waals surface area contributed by atoms with Gasteiger partial charge in [0.15, 0.2) is 6.61 Å². The summed E-state index contributed by atoms with van der Waals surface area (Å²) in [6.45, 7) is 0.533. The Labute approximate surface area is 175 Å². The topological polar surface area (TPSA) is 87.7 Å². The van der Waals surface area contributed by atoms with Crippen LogP contribution in [0, 0.1) is 0 Å². The Bertz CT molecular complexity index is 945. The van der Waals surface area contributed by atoms with Crippen molar-refractivity contribution >= 4 is 29.1 Å². The second-order valence-electron chi connectivity index (χ2n) is 7.67. The molecule has 7 heteroatoms. The van der Waals surface area contributed by atoms with Gasteiger partial charge in [-0.25, -0.2) is 0 Å². The minimum absolute atomic E-state index is 0.0688. The Kier molecular flexibility index (Phi) is 5.97. The fourth-order valence-electron chi connectivity index (χ4n) is 4.01. The number of nitrogens with zero attached hydrogens (tertiary/aromatic N) is 1. The zero-order valence-corrected chi connectivity index (χ0v) is 16.7. The number of carbonyl (C=O) groups is 3. The van der Waals surface area contributed by atoms with Gasteiger partial charge in [0.25, 0.3) is 5.91 Å². The summed E-state index contributed by atoms with van der Waals surface area (Å²) in [5, 5.41) is 5.37. The molecular weight excluding hydrogens is 382 g/mol. The van der Waals surface area contributed by atoms with E-state index in [0.717, 1.165) is 32.1 Å². The molecule has 0 saturated carbocycles. The van der Waals surface area contributed by atoms with Crippen LogP contribution < -0.4 is 15.4 Å². The highest BCUT2D eigenvalue weighted by Crippen LogP contribution is 2.30. The molecule has 0 radical (unpaired) electrons. The van der Waals surface area contributed by atoms with Crippen molar-refractivity contribution < 1.29 is 19.1 Å². The van der Waals surface area contributed by atoms with Crippen LogP contribution >= 0.6 is 0 Å². The number of piperidine rings is 1. The van der Waals surface area contributed by atoms with Gasteiger partial charge in [-0.05, 0) is 49.8 Å². The van der Waals surface area contributed by atoms with E-state index in [1.165, 1.54) is 5.56 Å². The fourth-order valence-corrected chi connectivity index (χ4v) is 4.01. The zero-order chi connectivity index (χ0) is 20.9. The lowest BCUT2D eigenvalue weighted by atomic mass is 9.95. The van der Waals surface area contributed by atoms with Gasteiger partial charge in [0.1, 0.15) is 5.75 Å². The predicted octanol–water partition coefficient (Wildman–Crippen LogP) is 2.97. The van der Waals surface area contributed by atoms with Crippen molar-refractivity contribution in [2.24, 2.45) is 0 Å². The van der Waals surface area contributed by atoms with E-state index in [1.807, 2.05) is 18.2 Å². The van der Waals surface area contributed by atoms with Crippen LogP contribution in [0.1, 0.15) is 31.2 Å². The number of amides is 3. The monoisotopic (exact) mass is 407 g/mol. The minimum Gasteiger partial charge on any atom is -0.482 e. The van der Waals surface area contributed by atoms with Gasteiger partial charge >= 0.3 is 11.8 Å². The summed E-state index contributed by atoms with van der Waals surface area (Å²) in [5.41, 5.74) is 2.25. The maximum atomic E-state index is 12.9. The largest absolute Gasteiger partial charge is 0.482 e. The first-order valence-electron chi connectivity index (χ1n) is 10.3. The fraction of sp³-hybridized carbons (Fsp3) is 0.348. The lowest BCUT2D eigenvalue weighted by molar-refractivity contribution is -0.145. The molecule has 2 aromatic rings. The molecule has 30 heavy (non-hydrogen) atoms. The molecule has 2 aliphatic rings. The van der Waals surface area contributed by atoms with Crippen LogP contribution in [0.4, 0.5) is 11.4 Å². The van der Waals surface area contributed by atoms with Crippen LogP contribution in [0.3, 0.4) is 0 Å². The van der Waals surface area contributed by atoms with Crippen molar-refractivity contribution in [3.8, 4) is 5.75 Å². The van der Waals surface area contributed by atoms with E-state index in [0.29, 0.717) is 23.7 Å². The molecule has 2 aromatic carbocycles. The number of nitrogens with one attached hydrogen (secondary N) is 2. The standard InChI is InChI=1S/C23H25N3O4/c27-21-15-30-20-14-17(10-12-19(20)25-21)24-22(28)23(29)26-13-5-4-8-18(26)11-9-16-6-2-1-3-7-16/h1-3,6-7,10,12,14,18H,4-5,8-9,11,13,15H2,(H,24,28)(H,25,27). The molecule has 4 rings (SSSR count). The number of ether oxygens (including phenoxy) is 1. The van der Waals surface area contributed by atoms with E-state index in [4.69, 9.17) is 4.74 Å². The molecule has 1 saturated heterocycles. The average Bonchev–Trinajstić information content (AvgIpc) is 2.78. The average molecular weight is 407 g/mol. The second-order valence-corrected chi connectivity index (χ2v) is 7.67. The molecule has 0 aliphatic carbocycles. The second kappa shape index (κ2) is 8.98. The molecule has 1 unspecified atom stereocenters. The Morgan fingerprint density at radius 2 is 1.97 bits per heavy atom. The van der Waals surface area contributed by atoms with E-state index in [1.54, 1.807) is 23.1 Å². The van der Waals surface area contributed by atoms with Gasteiger partial charge in [-0.3, -0.25) is 14.4 Å². The third-order valence-corrected chi connectivity index (χ3v) is 5.56. The molecule has 7 nitrogen and oxygen atoms in total. The Morgan fingerprint density at radius 3 is 2.80 bits per heavy atom. The maximum Gasteiger partial charge on any atom is 0.313 e. The van der Waals surface area contributed by atoms with E-state index in [-0.39, 0.29) is 18.6 Å². The van der Waals surface area contributed by atoms with E-state index >= 15 is 0 Å². The van der Waals surface area contributed by atoms with Gasteiger partial charge in [-0.2, -0.15) is 0 Å². The normalized spacial score (nSPS) is 18.1. The van der Waals surface area contributed by atoms with Crippen LogP contribution in [0.25, 0.3) is 0 Å². The number of anilines is 2. The van der Waals surface area contributed by atoms with E-state index in [2.05, 4.69) is 22.8 Å². The summed E-state index contributed by atoms with van der Waals surface area (Å²) < 4.78 is 5.37. The summed E-state index contributed by atoms with van der Waals surface area (Å²) in [6, 6.07) is 15.2. The van der Waals surface area contributed by atoms with Crippen LogP contribution in [-0.4, -0.2) is 41.8 Å². The molecule has 0 spiro atoms. The smallest absolute Gasteiger partial charge is 0.313 e. The number of aryl methyl sites for hydroxylation is 1. The third-order valence-electron chi connectivity index (χ3n) is 5.56. The quantitative estimate of drug-likeness (QED) is 0.763. The van der Waals surface area contributed by atoms with Crippen molar-refractivity contribution in [2.75, 3.05) is 23.8 Å². The Morgan fingerprint density at radius 1 is 1.13 bits per heavy atom. The number of carbonyl (C=O) groups excluding carboxylic acids is 3. The molecule has 0 aromatic heterocycles. The van der Waals surface area contributed by atoms with Gasteiger partial charge in [-0.15, -0.1) is 0 Å². The highest BCUT2D eigenvalue weighted by atomic mass is 16.5. The molecule has 156 valence electrons. The van der Waals surface area contributed by atoms with E-state index < -0.39 is 11.8 Å². The number of rotatable bonds is 4. The maximum absolute atomic E-state index is 12.9. The number of hydrogen-bond donors (Lipinski definition) is 2. The van der Waals surface area contributed by atoms with Crippen molar-refractivity contribution in [1.29, 1.82) is 0 Å². The first-order chi connectivity index (χ1) is 14.6. The van der Waals surface area contributed by atoms with Crippen LogP contribution in [-0.2, 0) is 20.8 Å². The predicted molar refractivity (Wildman–Crippen MR) is 113 cm³/mol. The highest BCUT2D eigenvalue weighted by Gasteiger charge is 2.30. The lowest BCUT2D eigenvalue weighted by Gasteiger charge is -2.35. The molecule has 1 fully saturated rings. The zero-order valence-electron chi connectivity index (χ0n) is 16.7. The Balaban J connectivity index is 1.39. The lowest BCUT2D eigenvalue weighted by Crippen LogP contribution is -2.48. The highest BCUT2D eigenvalue weighted by molar-refractivity contribution is 6.39. The van der Waals surface area contributed by atoms with Crippen molar-refractivity contribution in [3.05, 3.63) is 54.1 Å². The van der Waals surface area contributed by atoms with Crippen LogP contribution in [0.5, 0.6) is 5.75 Å². The molecule has 3 amide bonds. The summed E-state index contributed by atoms with van der Waals surface area (Å²) in [4.78, 5) is 38.6. The summed E-state index contributed by atoms with van der Waals surface area (Å²) in [5.74, 6) is -0.902. The summed E-state index contributed by atoms with van der Waals surface area (Å²) in [7, 11) is 0. The van der Waals surface area contributed by atoms with Gasteiger partial charge in [0.05, 0.1) is 5.69 Å². The van der Waals surface area contributed by atoms with Crippen molar-refractivity contribution in [3.63, 3.8) is 0 Å². The Hall–Kier alpha value is -3.35. The first kappa shape index (κ1) is 19.9. The van der Waals surface area contributed by atoms with Crippen LogP contribution in [0.15, 0.2) is 48.5 Å². The van der Waals surface area contributed by atoms with Gasteiger partial charge in [0, 0.05) is 24.3 Å². The molecule has 2 N–H and O–H groups in total.